The number of pyridine rings is 1. The molecule has 4 unspecified atom stereocenters. The average Bonchev–Trinajstić information content (AvgIpc) is 2.96. The highest BCUT2D eigenvalue weighted by molar-refractivity contribution is 7.17. The first-order chi connectivity index (χ1) is 10.2. The molecule has 3 saturated heterocycles. The van der Waals surface area contributed by atoms with Crippen molar-refractivity contribution >= 4 is 27.5 Å². The number of nitrogens with one attached hydrogen (secondary N) is 1. The van der Waals surface area contributed by atoms with Gasteiger partial charge in [0.25, 0.3) is 5.91 Å². The van der Waals surface area contributed by atoms with Gasteiger partial charge < -0.3 is 5.32 Å². The first kappa shape index (κ1) is 13.2. The number of carbonyl (C=O) groups is 1. The Morgan fingerprint density at radius 1 is 1.43 bits per heavy atom. The standard InChI is InChI=1S/C16H19N3OS/c1-10-8-11-4-6-19(10)9-14(11)18-16(20)13-2-3-15-12(17-13)5-7-21-15/h2-3,5,7,10-11,14H,4,6,8-9H2,1H3,(H,18,20). The topological polar surface area (TPSA) is 45.2 Å². The zero-order valence-corrected chi connectivity index (χ0v) is 12.9. The van der Waals surface area contributed by atoms with E-state index in [0.717, 1.165) is 16.8 Å². The molecule has 1 amide bonds. The maximum Gasteiger partial charge on any atom is 0.270 e. The number of rotatable bonds is 2. The van der Waals surface area contributed by atoms with Gasteiger partial charge in [-0.3, -0.25) is 9.69 Å². The average molecular weight is 301 g/mol. The summed E-state index contributed by atoms with van der Waals surface area (Å²) in [4.78, 5) is 19.4. The van der Waals surface area contributed by atoms with Crippen LogP contribution in [0.25, 0.3) is 10.2 Å². The second-order valence-electron chi connectivity index (χ2n) is 6.21. The van der Waals surface area contributed by atoms with E-state index in [-0.39, 0.29) is 11.9 Å². The molecule has 0 aliphatic carbocycles. The van der Waals surface area contributed by atoms with Crippen molar-refractivity contribution in [3.8, 4) is 0 Å². The molecule has 3 fully saturated rings. The van der Waals surface area contributed by atoms with Gasteiger partial charge in [0.1, 0.15) is 5.69 Å². The highest BCUT2D eigenvalue weighted by atomic mass is 32.1. The molecule has 3 aliphatic rings. The first-order valence-electron chi connectivity index (χ1n) is 7.60. The van der Waals surface area contributed by atoms with Crippen molar-refractivity contribution in [2.45, 2.75) is 31.8 Å². The summed E-state index contributed by atoms with van der Waals surface area (Å²) in [5.74, 6) is 0.591. The van der Waals surface area contributed by atoms with Gasteiger partial charge in [-0.25, -0.2) is 4.98 Å². The first-order valence-corrected chi connectivity index (χ1v) is 8.48. The lowest BCUT2D eigenvalue weighted by Gasteiger charge is -2.48. The lowest BCUT2D eigenvalue weighted by molar-refractivity contribution is 0.0273. The Kier molecular flexibility index (Phi) is 3.19. The van der Waals surface area contributed by atoms with Crippen molar-refractivity contribution in [2.24, 2.45) is 5.92 Å². The van der Waals surface area contributed by atoms with Gasteiger partial charge in [0.05, 0.1) is 10.2 Å². The van der Waals surface area contributed by atoms with Gasteiger partial charge in [-0.2, -0.15) is 0 Å². The normalized spacial score (nSPS) is 31.5. The summed E-state index contributed by atoms with van der Waals surface area (Å²) >= 11 is 1.65. The van der Waals surface area contributed by atoms with Gasteiger partial charge in [-0.05, 0) is 55.8 Å². The van der Waals surface area contributed by atoms with E-state index in [9.17, 15) is 4.79 Å². The molecular weight excluding hydrogens is 282 g/mol. The summed E-state index contributed by atoms with van der Waals surface area (Å²) < 4.78 is 1.13. The molecule has 3 aliphatic heterocycles. The molecular formula is C16H19N3OS. The smallest absolute Gasteiger partial charge is 0.270 e. The van der Waals surface area contributed by atoms with Crippen LogP contribution in [0.4, 0.5) is 0 Å². The minimum Gasteiger partial charge on any atom is -0.346 e. The monoisotopic (exact) mass is 301 g/mol. The Labute approximate surface area is 128 Å². The molecule has 5 heterocycles. The van der Waals surface area contributed by atoms with Crippen molar-refractivity contribution in [2.75, 3.05) is 13.1 Å². The molecule has 0 spiro atoms. The molecule has 110 valence electrons. The van der Waals surface area contributed by atoms with Crippen molar-refractivity contribution in [3.05, 3.63) is 29.3 Å². The number of hydrogen-bond acceptors (Lipinski definition) is 4. The molecule has 4 nitrogen and oxygen atoms in total. The van der Waals surface area contributed by atoms with Gasteiger partial charge in [0.2, 0.25) is 0 Å². The van der Waals surface area contributed by atoms with E-state index in [1.165, 1.54) is 19.4 Å². The molecule has 4 atom stereocenters. The quantitative estimate of drug-likeness (QED) is 0.927. The second-order valence-corrected chi connectivity index (χ2v) is 7.16. The highest BCUT2D eigenvalue weighted by Gasteiger charge is 2.38. The van der Waals surface area contributed by atoms with E-state index in [1.54, 1.807) is 11.3 Å². The number of amides is 1. The number of hydrogen-bond donors (Lipinski definition) is 1. The zero-order valence-electron chi connectivity index (χ0n) is 12.1. The molecule has 0 radical (unpaired) electrons. The van der Waals surface area contributed by atoms with Crippen LogP contribution in [0.2, 0.25) is 0 Å². The molecule has 0 saturated carbocycles. The molecule has 2 aromatic rings. The molecule has 2 aromatic heterocycles. The fraction of sp³-hybridized carbons (Fsp3) is 0.500. The number of carbonyl (C=O) groups excluding carboxylic acids is 1. The Hall–Kier alpha value is -1.46. The number of piperidine rings is 3. The van der Waals surface area contributed by atoms with Crippen molar-refractivity contribution in [1.29, 1.82) is 0 Å². The molecule has 5 rings (SSSR count). The second kappa shape index (κ2) is 5.07. The van der Waals surface area contributed by atoms with Crippen molar-refractivity contribution < 1.29 is 4.79 Å². The summed E-state index contributed by atoms with van der Waals surface area (Å²) in [5.41, 5.74) is 1.44. The lowest BCUT2D eigenvalue weighted by atomic mass is 9.80. The van der Waals surface area contributed by atoms with Gasteiger partial charge in [-0.15, -0.1) is 11.3 Å². The van der Waals surface area contributed by atoms with E-state index in [0.29, 0.717) is 17.7 Å². The SMILES string of the molecule is CC1CC2CCN1CC2NC(=O)c1ccc2sccc2n1. The van der Waals surface area contributed by atoms with E-state index in [4.69, 9.17) is 0 Å². The molecule has 2 bridgehead atoms. The highest BCUT2D eigenvalue weighted by Crippen LogP contribution is 2.32. The van der Waals surface area contributed by atoms with Crippen LogP contribution in [0.15, 0.2) is 23.6 Å². The van der Waals surface area contributed by atoms with Gasteiger partial charge in [0.15, 0.2) is 0 Å². The van der Waals surface area contributed by atoms with Gasteiger partial charge in [0, 0.05) is 18.6 Å². The van der Waals surface area contributed by atoms with Crippen LogP contribution >= 0.6 is 11.3 Å². The predicted molar refractivity (Wildman–Crippen MR) is 84.6 cm³/mol. The van der Waals surface area contributed by atoms with Crippen LogP contribution in [0.1, 0.15) is 30.3 Å². The number of thiophene rings is 1. The summed E-state index contributed by atoms with van der Waals surface area (Å²) in [6, 6.07) is 6.73. The Morgan fingerprint density at radius 3 is 3.10 bits per heavy atom. The summed E-state index contributed by atoms with van der Waals surface area (Å²) in [6.45, 7) is 4.45. The van der Waals surface area contributed by atoms with Crippen molar-refractivity contribution in [1.82, 2.24) is 15.2 Å². The molecule has 0 aromatic carbocycles. The predicted octanol–water partition coefficient (Wildman–Crippen LogP) is 2.51. The Bertz CT molecular complexity index is 683. The van der Waals surface area contributed by atoms with E-state index < -0.39 is 0 Å². The van der Waals surface area contributed by atoms with Crippen LogP contribution < -0.4 is 5.32 Å². The van der Waals surface area contributed by atoms with Gasteiger partial charge >= 0.3 is 0 Å². The number of aromatic nitrogens is 1. The third-order valence-electron chi connectivity index (χ3n) is 4.91. The minimum atomic E-state index is -0.0329. The van der Waals surface area contributed by atoms with E-state index >= 15 is 0 Å². The zero-order chi connectivity index (χ0) is 14.4. The summed E-state index contributed by atoms with van der Waals surface area (Å²) in [6.07, 6.45) is 2.40. The maximum absolute atomic E-state index is 12.4. The molecule has 1 N–H and O–H groups in total. The van der Waals surface area contributed by atoms with E-state index in [2.05, 4.69) is 22.1 Å². The lowest BCUT2D eigenvalue weighted by Crippen LogP contribution is -2.60. The maximum atomic E-state index is 12.4. The minimum absolute atomic E-state index is 0.0329. The van der Waals surface area contributed by atoms with Crippen molar-refractivity contribution in [3.63, 3.8) is 0 Å². The van der Waals surface area contributed by atoms with Crippen LogP contribution in [-0.4, -0.2) is 41.0 Å². The number of nitrogens with zero attached hydrogens (tertiary/aromatic N) is 2. The third kappa shape index (κ3) is 2.34. The third-order valence-corrected chi connectivity index (χ3v) is 5.78. The fourth-order valence-corrected chi connectivity index (χ4v) is 4.41. The molecule has 5 heteroatoms. The summed E-state index contributed by atoms with van der Waals surface area (Å²) in [7, 11) is 0. The fourth-order valence-electron chi connectivity index (χ4n) is 3.68. The van der Waals surface area contributed by atoms with Crippen LogP contribution in [0.3, 0.4) is 0 Å². The Morgan fingerprint density at radius 2 is 2.33 bits per heavy atom. The summed E-state index contributed by atoms with van der Waals surface area (Å²) in [5, 5.41) is 5.21. The number of fused-ring (bicyclic) bond motifs is 4. The Balaban J connectivity index is 1.50. The molecule has 21 heavy (non-hydrogen) atoms. The largest absolute Gasteiger partial charge is 0.346 e. The van der Waals surface area contributed by atoms with E-state index in [1.807, 2.05) is 23.6 Å². The van der Waals surface area contributed by atoms with Crippen LogP contribution in [0, 0.1) is 5.92 Å². The van der Waals surface area contributed by atoms with Gasteiger partial charge in [-0.1, -0.05) is 0 Å². The van der Waals surface area contributed by atoms with Crippen LogP contribution in [0.5, 0.6) is 0 Å². The van der Waals surface area contributed by atoms with Crippen LogP contribution in [-0.2, 0) is 0 Å².